The van der Waals surface area contributed by atoms with E-state index in [1.54, 1.807) is 17.1 Å². The molecule has 0 atom stereocenters. The Balaban J connectivity index is 2.63. The van der Waals surface area contributed by atoms with E-state index in [0.717, 1.165) is 5.69 Å². The van der Waals surface area contributed by atoms with Crippen molar-refractivity contribution in [2.75, 3.05) is 25.3 Å². The van der Waals surface area contributed by atoms with Gasteiger partial charge in [-0.15, -0.1) is 0 Å². The van der Waals surface area contributed by atoms with Gasteiger partial charge >= 0.3 is 0 Å². The van der Waals surface area contributed by atoms with Crippen molar-refractivity contribution >= 4 is 22.3 Å². The first-order valence-electron chi connectivity index (χ1n) is 4.79. The highest BCUT2D eigenvalue weighted by atomic mass is 16.1. The third-order valence-electron chi connectivity index (χ3n) is 2.16. The molecule has 0 aliphatic rings. The summed E-state index contributed by atoms with van der Waals surface area (Å²) in [6.07, 6.45) is 1.38. The molecule has 1 aromatic heterocycles. The average molecular weight is 219 g/mol. The summed E-state index contributed by atoms with van der Waals surface area (Å²) < 4.78 is 0. The van der Waals surface area contributed by atoms with Crippen molar-refractivity contribution in [2.45, 2.75) is 0 Å². The molecule has 84 valence electrons. The van der Waals surface area contributed by atoms with Crippen LogP contribution in [0, 0.1) is 0 Å². The maximum atomic E-state index is 11.5. The van der Waals surface area contributed by atoms with Crippen LogP contribution in [0.25, 0.3) is 10.9 Å². The second kappa shape index (κ2) is 3.82. The summed E-state index contributed by atoms with van der Waals surface area (Å²) in [7, 11) is 3.71. The highest BCUT2D eigenvalue weighted by Gasteiger charge is 2.05. The molecule has 0 saturated heterocycles. The number of aromatic amines is 1. The summed E-state index contributed by atoms with van der Waals surface area (Å²) >= 11 is 0. The van der Waals surface area contributed by atoms with Crippen LogP contribution in [0.15, 0.2) is 23.3 Å². The lowest BCUT2D eigenvalue weighted by atomic mass is 10.2. The van der Waals surface area contributed by atoms with Gasteiger partial charge < -0.3 is 16.1 Å². The van der Waals surface area contributed by atoms with E-state index in [-0.39, 0.29) is 5.56 Å². The number of fused-ring (bicyclic) bond motifs is 1. The summed E-state index contributed by atoms with van der Waals surface area (Å²) in [5.41, 5.74) is 10.5. The normalized spacial score (nSPS) is 10.9. The van der Waals surface area contributed by atoms with Crippen molar-refractivity contribution in [3.8, 4) is 0 Å². The Morgan fingerprint density at radius 3 is 2.88 bits per heavy atom. The predicted molar refractivity (Wildman–Crippen MR) is 64.1 cm³/mol. The van der Waals surface area contributed by atoms with Crippen LogP contribution in [0.4, 0.5) is 11.4 Å². The Labute approximate surface area is 92.1 Å². The van der Waals surface area contributed by atoms with Gasteiger partial charge in [0, 0.05) is 14.1 Å². The molecule has 0 unspecified atom stereocenters. The Morgan fingerprint density at radius 2 is 2.19 bits per heavy atom. The molecule has 0 aliphatic heterocycles. The van der Waals surface area contributed by atoms with Gasteiger partial charge in [0.25, 0.3) is 5.56 Å². The third kappa shape index (κ3) is 1.82. The van der Waals surface area contributed by atoms with E-state index in [0.29, 0.717) is 16.6 Å². The van der Waals surface area contributed by atoms with E-state index in [2.05, 4.69) is 15.4 Å². The van der Waals surface area contributed by atoms with Gasteiger partial charge in [-0.05, 0) is 12.1 Å². The molecule has 1 heterocycles. The quantitative estimate of drug-likeness (QED) is 0.502. The van der Waals surface area contributed by atoms with E-state index < -0.39 is 0 Å². The van der Waals surface area contributed by atoms with Crippen molar-refractivity contribution in [3.63, 3.8) is 0 Å². The van der Waals surface area contributed by atoms with Crippen LogP contribution in [0.2, 0.25) is 0 Å². The lowest BCUT2D eigenvalue weighted by molar-refractivity contribution is 0.496. The first kappa shape index (κ1) is 10.4. The van der Waals surface area contributed by atoms with Crippen molar-refractivity contribution in [3.05, 3.63) is 28.8 Å². The number of nitrogens with zero attached hydrogens (tertiary/aromatic N) is 2. The largest absolute Gasteiger partial charge is 0.397 e. The first-order valence-corrected chi connectivity index (χ1v) is 4.79. The van der Waals surface area contributed by atoms with Gasteiger partial charge in [0.05, 0.1) is 28.6 Å². The number of benzene rings is 1. The van der Waals surface area contributed by atoms with E-state index in [4.69, 9.17) is 5.73 Å². The lowest BCUT2D eigenvalue weighted by Gasteiger charge is -2.15. The monoisotopic (exact) mass is 219 g/mol. The summed E-state index contributed by atoms with van der Waals surface area (Å²) in [6, 6.07) is 3.37. The topological polar surface area (TPSA) is 87.0 Å². The third-order valence-corrected chi connectivity index (χ3v) is 2.16. The molecular formula is C10H13N5O. The number of hydrogen-bond acceptors (Lipinski definition) is 5. The number of hydrogen-bond donors (Lipinski definition) is 3. The molecule has 16 heavy (non-hydrogen) atoms. The molecular weight excluding hydrogens is 206 g/mol. The number of nitrogens with one attached hydrogen (secondary N) is 2. The molecule has 1 aromatic carbocycles. The number of anilines is 2. The first-order chi connectivity index (χ1) is 7.58. The van der Waals surface area contributed by atoms with Gasteiger partial charge in [0.15, 0.2) is 0 Å². The zero-order chi connectivity index (χ0) is 11.7. The average Bonchev–Trinajstić information content (AvgIpc) is 2.20. The van der Waals surface area contributed by atoms with E-state index >= 15 is 0 Å². The molecule has 6 heteroatoms. The fourth-order valence-corrected chi connectivity index (χ4v) is 1.47. The second-order valence-electron chi connectivity index (χ2n) is 3.69. The zero-order valence-corrected chi connectivity index (χ0v) is 9.11. The number of rotatable bonds is 2. The standard InChI is InChI=1S/C10H13N5O/c1-15(2)14-9-4-8-6(3-7(9)11)10(16)13-5-12-8/h3-5,14H,11H2,1-2H3,(H,12,13,16). The van der Waals surface area contributed by atoms with Gasteiger partial charge in [-0.2, -0.15) is 0 Å². The molecule has 0 spiro atoms. The molecule has 0 amide bonds. The number of aromatic nitrogens is 2. The van der Waals surface area contributed by atoms with Crippen LogP contribution in [-0.4, -0.2) is 29.1 Å². The molecule has 0 aliphatic carbocycles. The number of nitrogens with two attached hydrogens (primary N) is 1. The molecule has 2 aromatic rings. The molecule has 4 N–H and O–H groups in total. The molecule has 2 rings (SSSR count). The predicted octanol–water partition coefficient (Wildman–Crippen LogP) is 0.394. The van der Waals surface area contributed by atoms with Crippen LogP contribution < -0.4 is 16.7 Å². The van der Waals surface area contributed by atoms with E-state index in [1.165, 1.54) is 6.33 Å². The summed E-state index contributed by atoms with van der Waals surface area (Å²) in [5, 5.41) is 2.26. The van der Waals surface area contributed by atoms with E-state index in [9.17, 15) is 4.79 Å². The molecule has 0 fully saturated rings. The Hall–Kier alpha value is -2.08. The van der Waals surface area contributed by atoms with Crippen LogP contribution in [0.5, 0.6) is 0 Å². The molecule has 6 nitrogen and oxygen atoms in total. The lowest BCUT2D eigenvalue weighted by Crippen LogP contribution is -2.20. The summed E-state index contributed by atoms with van der Waals surface area (Å²) in [6.45, 7) is 0. The number of nitrogen functional groups attached to an aromatic ring is 1. The number of hydrazine groups is 1. The molecule has 0 saturated carbocycles. The number of H-pyrrole nitrogens is 1. The highest BCUT2D eigenvalue weighted by Crippen LogP contribution is 2.22. The Kier molecular flexibility index (Phi) is 2.49. The Bertz CT molecular complexity index is 575. The smallest absolute Gasteiger partial charge is 0.258 e. The van der Waals surface area contributed by atoms with Crippen LogP contribution in [-0.2, 0) is 0 Å². The van der Waals surface area contributed by atoms with Gasteiger partial charge in [0.2, 0.25) is 0 Å². The maximum absolute atomic E-state index is 11.5. The fraction of sp³-hybridized carbons (Fsp3) is 0.200. The highest BCUT2D eigenvalue weighted by molar-refractivity contribution is 5.87. The maximum Gasteiger partial charge on any atom is 0.258 e. The minimum absolute atomic E-state index is 0.187. The summed E-state index contributed by atoms with van der Waals surface area (Å²) in [4.78, 5) is 18.1. The minimum Gasteiger partial charge on any atom is -0.397 e. The van der Waals surface area contributed by atoms with Gasteiger partial charge in [-0.1, -0.05) is 0 Å². The van der Waals surface area contributed by atoms with E-state index in [1.807, 2.05) is 14.1 Å². The van der Waals surface area contributed by atoms with Crippen molar-refractivity contribution in [1.82, 2.24) is 15.0 Å². The van der Waals surface area contributed by atoms with Crippen molar-refractivity contribution in [1.29, 1.82) is 0 Å². The van der Waals surface area contributed by atoms with Crippen molar-refractivity contribution < 1.29 is 0 Å². The zero-order valence-electron chi connectivity index (χ0n) is 9.11. The SMILES string of the molecule is CN(C)Nc1cc2nc[nH]c(=O)c2cc1N. The Morgan fingerprint density at radius 1 is 1.44 bits per heavy atom. The fourth-order valence-electron chi connectivity index (χ4n) is 1.47. The van der Waals surface area contributed by atoms with Crippen molar-refractivity contribution in [2.24, 2.45) is 0 Å². The van der Waals surface area contributed by atoms with Gasteiger partial charge in [-0.3, -0.25) is 4.79 Å². The van der Waals surface area contributed by atoms with Crippen LogP contribution in [0.3, 0.4) is 0 Å². The molecule has 0 radical (unpaired) electrons. The summed E-state index contributed by atoms with van der Waals surface area (Å²) in [5.74, 6) is 0. The van der Waals surface area contributed by atoms with Gasteiger partial charge in [0.1, 0.15) is 0 Å². The van der Waals surface area contributed by atoms with Gasteiger partial charge in [-0.25, -0.2) is 9.99 Å². The van der Waals surface area contributed by atoms with Crippen LogP contribution >= 0.6 is 0 Å². The van der Waals surface area contributed by atoms with Crippen LogP contribution in [0.1, 0.15) is 0 Å². The minimum atomic E-state index is -0.187. The molecule has 0 bridgehead atoms. The second-order valence-corrected chi connectivity index (χ2v) is 3.69.